The predicted octanol–water partition coefficient (Wildman–Crippen LogP) is 1.82. The molecule has 1 N–H and O–H groups in total. The number of hydrogen-bond donors (Lipinski definition) is 1. The number of rotatable bonds is 4. The van der Waals surface area contributed by atoms with Crippen LogP contribution in [0.25, 0.3) is 0 Å². The van der Waals surface area contributed by atoms with E-state index in [4.69, 9.17) is 11.6 Å². The van der Waals surface area contributed by atoms with Crippen LogP contribution in [-0.4, -0.2) is 31.1 Å². The molecule has 17 heavy (non-hydrogen) atoms. The van der Waals surface area contributed by atoms with Gasteiger partial charge in [0.15, 0.2) is 9.84 Å². The third kappa shape index (κ3) is 3.66. The van der Waals surface area contributed by atoms with Crippen molar-refractivity contribution in [2.24, 2.45) is 0 Å². The molecule has 0 spiro atoms. The summed E-state index contributed by atoms with van der Waals surface area (Å²) >= 11 is 5.72. The van der Waals surface area contributed by atoms with Crippen molar-refractivity contribution < 1.29 is 17.9 Å². The molecule has 0 bridgehead atoms. The maximum absolute atomic E-state index is 13.1. The van der Waals surface area contributed by atoms with Gasteiger partial charge in [-0.1, -0.05) is 23.7 Å². The molecule has 1 rings (SSSR count). The normalized spacial score (nSPS) is 15.6. The van der Waals surface area contributed by atoms with Gasteiger partial charge in [0, 0.05) is 12.7 Å². The second-order valence-corrected chi connectivity index (χ2v) is 6.80. The third-order valence-electron chi connectivity index (χ3n) is 2.68. The Labute approximate surface area is 105 Å². The van der Waals surface area contributed by atoms with Crippen LogP contribution in [0, 0.1) is 5.82 Å². The Hall–Kier alpha value is -0.650. The van der Waals surface area contributed by atoms with E-state index in [1.54, 1.807) is 6.07 Å². The Morgan fingerprint density at radius 3 is 2.59 bits per heavy atom. The first-order chi connectivity index (χ1) is 7.73. The molecule has 1 aromatic carbocycles. The highest BCUT2D eigenvalue weighted by atomic mass is 35.5. The van der Waals surface area contributed by atoms with E-state index in [1.807, 2.05) is 0 Å². The maximum atomic E-state index is 13.1. The van der Waals surface area contributed by atoms with Crippen molar-refractivity contribution in [1.29, 1.82) is 0 Å². The number of halogens is 2. The molecule has 0 fully saturated rings. The van der Waals surface area contributed by atoms with Gasteiger partial charge >= 0.3 is 0 Å². The molecule has 0 aliphatic carbocycles. The first-order valence-electron chi connectivity index (χ1n) is 5.03. The van der Waals surface area contributed by atoms with Crippen LogP contribution < -0.4 is 0 Å². The summed E-state index contributed by atoms with van der Waals surface area (Å²) in [6, 6.07) is 4.23. The van der Waals surface area contributed by atoms with E-state index in [1.165, 1.54) is 19.1 Å². The largest absolute Gasteiger partial charge is 0.391 e. The molecule has 0 heterocycles. The van der Waals surface area contributed by atoms with E-state index in [9.17, 15) is 17.9 Å². The van der Waals surface area contributed by atoms with Crippen LogP contribution >= 0.6 is 11.6 Å². The molecule has 6 heteroatoms. The van der Waals surface area contributed by atoms with Crippen molar-refractivity contribution in [2.45, 2.75) is 24.7 Å². The molecule has 1 aromatic rings. The highest BCUT2D eigenvalue weighted by Crippen LogP contribution is 2.22. The Balaban J connectivity index is 2.89. The fraction of sp³-hybridized carbons (Fsp3) is 0.455. The maximum Gasteiger partial charge on any atom is 0.152 e. The summed E-state index contributed by atoms with van der Waals surface area (Å²) in [6.07, 6.45) is -0.0527. The van der Waals surface area contributed by atoms with Gasteiger partial charge in [0.05, 0.1) is 16.4 Å². The first kappa shape index (κ1) is 14.4. The Kier molecular flexibility index (Phi) is 4.52. The van der Waals surface area contributed by atoms with E-state index in [0.29, 0.717) is 5.56 Å². The minimum Gasteiger partial charge on any atom is -0.391 e. The molecule has 0 amide bonds. The monoisotopic (exact) mass is 280 g/mol. The van der Waals surface area contributed by atoms with E-state index in [0.717, 1.165) is 6.26 Å². The molecule has 0 saturated heterocycles. The number of benzene rings is 1. The zero-order valence-electron chi connectivity index (χ0n) is 9.52. The van der Waals surface area contributed by atoms with Gasteiger partial charge in [0.2, 0.25) is 0 Å². The van der Waals surface area contributed by atoms with Gasteiger partial charge in [0.1, 0.15) is 5.82 Å². The summed E-state index contributed by atoms with van der Waals surface area (Å²) in [6.45, 7) is 1.41. The second-order valence-electron chi connectivity index (χ2n) is 4.02. The zero-order valence-corrected chi connectivity index (χ0v) is 11.1. The van der Waals surface area contributed by atoms with Crippen molar-refractivity contribution in [1.82, 2.24) is 0 Å². The Bertz CT molecular complexity index is 501. The van der Waals surface area contributed by atoms with Crippen LogP contribution in [0.1, 0.15) is 12.5 Å². The topological polar surface area (TPSA) is 54.4 Å². The van der Waals surface area contributed by atoms with E-state index >= 15 is 0 Å². The third-order valence-corrected chi connectivity index (χ3v) is 4.77. The van der Waals surface area contributed by atoms with Gasteiger partial charge in [-0.25, -0.2) is 12.8 Å². The van der Waals surface area contributed by atoms with Gasteiger partial charge < -0.3 is 5.11 Å². The summed E-state index contributed by atoms with van der Waals surface area (Å²) in [5.74, 6) is -0.580. The van der Waals surface area contributed by atoms with Gasteiger partial charge in [-0.15, -0.1) is 0 Å². The van der Waals surface area contributed by atoms with Crippen molar-refractivity contribution in [3.63, 3.8) is 0 Å². The summed E-state index contributed by atoms with van der Waals surface area (Å²) in [7, 11) is -3.33. The van der Waals surface area contributed by atoms with E-state index < -0.39 is 27.0 Å². The smallest absolute Gasteiger partial charge is 0.152 e. The fourth-order valence-electron chi connectivity index (χ4n) is 1.38. The number of aliphatic hydroxyl groups is 1. The lowest BCUT2D eigenvalue weighted by Gasteiger charge is -2.17. The lowest BCUT2D eigenvalue weighted by Crippen LogP contribution is -2.32. The Morgan fingerprint density at radius 1 is 1.47 bits per heavy atom. The Morgan fingerprint density at radius 2 is 2.06 bits per heavy atom. The average molecular weight is 281 g/mol. The highest BCUT2D eigenvalue weighted by molar-refractivity contribution is 7.91. The number of sulfone groups is 1. The minimum absolute atomic E-state index is 0.00479. The van der Waals surface area contributed by atoms with Gasteiger partial charge in [-0.3, -0.25) is 0 Å². The van der Waals surface area contributed by atoms with Gasteiger partial charge in [-0.05, 0) is 18.6 Å². The lowest BCUT2D eigenvalue weighted by molar-refractivity contribution is 0.173. The summed E-state index contributed by atoms with van der Waals surface area (Å²) < 4.78 is 35.6. The van der Waals surface area contributed by atoms with Crippen molar-refractivity contribution in [3.05, 3.63) is 34.6 Å². The van der Waals surface area contributed by atoms with Crippen LogP contribution in [0.15, 0.2) is 18.2 Å². The summed E-state index contributed by atoms with van der Waals surface area (Å²) in [5, 5.41) is 8.77. The molecule has 0 saturated carbocycles. The quantitative estimate of drug-likeness (QED) is 0.915. The van der Waals surface area contributed by atoms with Crippen LogP contribution in [0.3, 0.4) is 0 Å². The molecule has 0 aliphatic rings. The van der Waals surface area contributed by atoms with E-state index in [-0.39, 0.29) is 11.4 Å². The molecule has 3 nitrogen and oxygen atoms in total. The van der Waals surface area contributed by atoms with E-state index in [2.05, 4.69) is 0 Å². The van der Waals surface area contributed by atoms with Crippen LogP contribution in [-0.2, 0) is 16.3 Å². The molecule has 2 atom stereocenters. The molecular formula is C11H14ClFO3S. The summed E-state index contributed by atoms with van der Waals surface area (Å²) in [5.41, 5.74) is 0.398. The van der Waals surface area contributed by atoms with Crippen molar-refractivity contribution in [2.75, 3.05) is 6.26 Å². The zero-order chi connectivity index (χ0) is 13.2. The molecular weight excluding hydrogens is 267 g/mol. The fourth-order valence-corrected chi connectivity index (χ4v) is 2.25. The predicted molar refractivity (Wildman–Crippen MR) is 65.4 cm³/mol. The minimum atomic E-state index is -3.33. The second kappa shape index (κ2) is 5.33. The van der Waals surface area contributed by atoms with Crippen LogP contribution in [0.4, 0.5) is 4.39 Å². The van der Waals surface area contributed by atoms with Gasteiger partial charge in [0.25, 0.3) is 0 Å². The average Bonchev–Trinajstić information content (AvgIpc) is 2.22. The SMILES string of the molecule is CC(C(O)Cc1cccc(F)c1Cl)S(C)(=O)=O. The van der Waals surface area contributed by atoms with Crippen molar-refractivity contribution in [3.8, 4) is 0 Å². The summed E-state index contributed by atoms with van der Waals surface area (Å²) in [4.78, 5) is 0. The molecule has 0 radical (unpaired) electrons. The number of aliphatic hydroxyl groups excluding tert-OH is 1. The van der Waals surface area contributed by atoms with Gasteiger partial charge in [-0.2, -0.15) is 0 Å². The molecule has 0 aliphatic heterocycles. The lowest BCUT2D eigenvalue weighted by atomic mass is 10.1. The van der Waals surface area contributed by atoms with Crippen molar-refractivity contribution >= 4 is 21.4 Å². The molecule has 96 valence electrons. The van der Waals surface area contributed by atoms with Crippen LogP contribution in [0.5, 0.6) is 0 Å². The highest BCUT2D eigenvalue weighted by Gasteiger charge is 2.25. The standard InChI is InChI=1S/C11H14ClFO3S/c1-7(17(2,15)16)10(14)6-8-4-3-5-9(13)11(8)12/h3-5,7,10,14H,6H2,1-2H3. The molecule has 2 unspecified atom stereocenters. The van der Waals surface area contributed by atoms with Crippen LogP contribution in [0.2, 0.25) is 5.02 Å². The first-order valence-corrected chi connectivity index (χ1v) is 7.36. The molecule has 0 aromatic heterocycles. The number of hydrogen-bond acceptors (Lipinski definition) is 3.